The Morgan fingerprint density at radius 2 is 2.20 bits per heavy atom. The molecule has 4 heteroatoms. The van der Waals surface area contributed by atoms with E-state index >= 15 is 0 Å². The molecule has 2 N–H and O–H groups in total. The van der Waals surface area contributed by atoms with Crippen LogP contribution in [0.5, 0.6) is 0 Å². The van der Waals surface area contributed by atoms with Crippen molar-refractivity contribution < 1.29 is 0 Å². The van der Waals surface area contributed by atoms with Gasteiger partial charge in [-0.25, -0.2) is 9.50 Å². The van der Waals surface area contributed by atoms with E-state index in [9.17, 15) is 0 Å². The van der Waals surface area contributed by atoms with E-state index in [1.807, 2.05) is 18.5 Å². The molecule has 0 radical (unpaired) electrons. The maximum absolute atomic E-state index is 6.04. The lowest BCUT2D eigenvalue weighted by Gasteiger charge is -2.02. The molecule has 0 aliphatic heterocycles. The van der Waals surface area contributed by atoms with Crippen LogP contribution in [0.25, 0.3) is 5.65 Å². The zero-order chi connectivity index (χ0) is 10.6. The second-order valence-electron chi connectivity index (χ2n) is 4.85. The molecular weight excluding hydrogens is 188 g/mol. The van der Waals surface area contributed by atoms with Crippen molar-refractivity contribution in [3.8, 4) is 0 Å². The van der Waals surface area contributed by atoms with Gasteiger partial charge in [0.1, 0.15) is 0 Å². The van der Waals surface area contributed by atoms with Gasteiger partial charge in [0, 0.05) is 30.4 Å². The van der Waals surface area contributed by atoms with Crippen molar-refractivity contribution >= 4 is 5.65 Å². The number of hydrogen-bond acceptors (Lipinski definition) is 3. The second kappa shape index (κ2) is 2.58. The highest BCUT2D eigenvalue weighted by Crippen LogP contribution is 2.56. The highest BCUT2D eigenvalue weighted by Gasteiger charge is 2.56. The average Bonchev–Trinajstić information content (AvgIpc) is 2.62. The molecule has 2 heterocycles. The Kier molecular flexibility index (Phi) is 1.52. The minimum atomic E-state index is 0.197. The molecule has 2 aromatic heterocycles. The first-order valence-corrected chi connectivity index (χ1v) is 5.15. The zero-order valence-electron chi connectivity index (χ0n) is 8.88. The Morgan fingerprint density at radius 3 is 2.87 bits per heavy atom. The molecule has 0 saturated heterocycles. The normalized spacial score (nSPS) is 28.2. The largest absolute Gasteiger partial charge is 0.327 e. The summed E-state index contributed by atoms with van der Waals surface area (Å²) in [6, 6.07) is 2.13. The number of fused-ring (bicyclic) bond motifs is 1. The van der Waals surface area contributed by atoms with Crippen molar-refractivity contribution in [2.75, 3.05) is 0 Å². The van der Waals surface area contributed by atoms with E-state index in [1.54, 1.807) is 10.7 Å². The Bertz CT molecular complexity index is 514. The van der Waals surface area contributed by atoms with Crippen LogP contribution in [0.15, 0.2) is 24.7 Å². The topological polar surface area (TPSA) is 56.2 Å². The lowest BCUT2D eigenvalue weighted by Crippen LogP contribution is -2.06. The molecule has 2 aromatic rings. The van der Waals surface area contributed by atoms with Crippen LogP contribution in [0.1, 0.15) is 25.3 Å². The first kappa shape index (κ1) is 8.85. The molecule has 1 aliphatic rings. The van der Waals surface area contributed by atoms with E-state index in [0.717, 1.165) is 5.65 Å². The quantitative estimate of drug-likeness (QED) is 0.755. The van der Waals surface area contributed by atoms with Gasteiger partial charge in [0.05, 0.1) is 6.20 Å². The summed E-state index contributed by atoms with van der Waals surface area (Å²) in [7, 11) is 0. The predicted octanol–water partition coefficient (Wildman–Crippen LogP) is 1.18. The second-order valence-corrected chi connectivity index (χ2v) is 4.85. The van der Waals surface area contributed by atoms with Crippen molar-refractivity contribution in [1.82, 2.24) is 14.6 Å². The standard InChI is InChI=1S/C11H14N4/c1-11(2)9(10(11)12)7-5-13-8-3-4-14-15(8)6-7/h3-6,9-10H,12H2,1-2H3. The Labute approximate surface area is 88.1 Å². The summed E-state index contributed by atoms with van der Waals surface area (Å²) < 4.78 is 1.80. The third-order valence-electron chi connectivity index (χ3n) is 3.54. The molecule has 3 rings (SSSR count). The van der Waals surface area contributed by atoms with Gasteiger partial charge >= 0.3 is 0 Å². The van der Waals surface area contributed by atoms with Crippen molar-refractivity contribution in [3.05, 3.63) is 30.2 Å². The van der Waals surface area contributed by atoms with Gasteiger partial charge in [0.25, 0.3) is 0 Å². The molecule has 0 spiro atoms. The first-order valence-electron chi connectivity index (χ1n) is 5.15. The maximum Gasteiger partial charge on any atom is 0.154 e. The third kappa shape index (κ3) is 1.11. The lowest BCUT2D eigenvalue weighted by molar-refractivity contribution is 0.597. The van der Waals surface area contributed by atoms with Crippen LogP contribution >= 0.6 is 0 Å². The van der Waals surface area contributed by atoms with Gasteiger partial charge in [-0.05, 0) is 11.0 Å². The Morgan fingerprint density at radius 1 is 1.47 bits per heavy atom. The molecule has 0 aromatic carbocycles. The van der Waals surface area contributed by atoms with Crippen LogP contribution in [0.2, 0.25) is 0 Å². The summed E-state index contributed by atoms with van der Waals surface area (Å²) in [6.45, 7) is 4.38. The van der Waals surface area contributed by atoms with Gasteiger partial charge < -0.3 is 5.73 Å². The van der Waals surface area contributed by atoms with Crippen molar-refractivity contribution in [2.24, 2.45) is 11.1 Å². The number of nitrogens with zero attached hydrogens (tertiary/aromatic N) is 3. The van der Waals surface area contributed by atoms with Crippen LogP contribution in [-0.2, 0) is 0 Å². The summed E-state index contributed by atoms with van der Waals surface area (Å²) >= 11 is 0. The highest BCUT2D eigenvalue weighted by molar-refractivity contribution is 5.39. The van der Waals surface area contributed by atoms with E-state index in [4.69, 9.17) is 5.73 Å². The van der Waals surface area contributed by atoms with Gasteiger partial charge in [0.15, 0.2) is 5.65 Å². The molecule has 0 amide bonds. The average molecular weight is 202 g/mol. The summed E-state index contributed by atoms with van der Waals surface area (Å²) in [6.07, 6.45) is 5.70. The molecule has 15 heavy (non-hydrogen) atoms. The number of aromatic nitrogens is 3. The molecule has 1 saturated carbocycles. The summed E-state index contributed by atoms with van der Waals surface area (Å²) in [4.78, 5) is 4.35. The Hall–Kier alpha value is -1.42. The lowest BCUT2D eigenvalue weighted by atomic mass is 10.1. The van der Waals surface area contributed by atoms with E-state index in [0.29, 0.717) is 5.92 Å². The smallest absolute Gasteiger partial charge is 0.154 e. The molecule has 1 aliphatic carbocycles. The minimum absolute atomic E-state index is 0.197. The molecule has 4 nitrogen and oxygen atoms in total. The van der Waals surface area contributed by atoms with Crippen LogP contribution in [0, 0.1) is 5.41 Å². The fourth-order valence-electron chi connectivity index (χ4n) is 2.30. The third-order valence-corrected chi connectivity index (χ3v) is 3.54. The van der Waals surface area contributed by atoms with Gasteiger partial charge in [-0.3, -0.25) is 0 Å². The number of hydrogen-bond donors (Lipinski definition) is 1. The molecule has 2 atom stereocenters. The fourth-order valence-corrected chi connectivity index (χ4v) is 2.30. The molecule has 1 fully saturated rings. The van der Waals surface area contributed by atoms with E-state index in [2.05, 4.69) is 23.9 Å². The van der Waals surface area contributed by atoms with E-state index < -0.39 is 0 Å². The van der Waals surface area contributed by atoms with E-state index in [-0.39, 0.29) is 11.5 Å². The minimum Gasteiger partial charge on any atom is -0.327 e. The summed E-state index contributed by atoms with van der Waals surface area (Å²) in [5.74, 6) is 0.415. The summed E-state index contributed by atoms with van der Waals surface area (Å²) in [5.41, 5.74) is 8.30. The van der Waals surface area contributed by atoms with Crippen molar-refractivity contribution in [2.45, 2.75) is 25.8 Å². The molecular formula is C11H14N4. The Balaban J connectivity index is 2.06. The molecule has 0 bridgehead atoms. The SMILES string of the molecule is CC1(C)C(N)C1c1cnc2ccnn2c1. The van der Waals surface area contributed by atoms with Gasteiger partial charge in [-0.2, -0.15) is 5.10 Å². The monoisotopic (exact) mass is 202 g/mol. The van der Waals surface area contributed by atoms with Crippen LogP contribution in [0.3, 0.4) is 0 Å². The molecule has 78 valence electrons. The van der Waals surface area contributed by atoms with Crippen LogP contribution in [0.4, 0.5) is 0 Å². The fraction of sp³-hybridized carbons (Fsp3) is 0.455. The van der Waals surface area contributed by atoms with Crippen LogP contribution in [-0.4, -0.2) is 20.6 Å². The number of nitrogens with two attached hydrogens (primary N) is 1. The highest BCUT2D eigenvalue weighted by atomic mass is 15.2. The zero-order valence-corrected chi connectivity index (χ0v) is 8.88. The van der Waals surface area contributed by atoms with Crippen molar-refractivity contribution in [1.29, 1.82) is 0 Å². The summed E-state index contributed by atoms with van der Waals surface area (Å²) in [5, 5.41) is 4.18. The maximum atomic E-state index is 6.04. The van der Waals surface area contributed by atoms with Crippen LogP contribution < -0.4 is 5.73 Å². The van der Waals surface area contributed by atoms with Gasteiger partial charge in [0.2, 0.25) is 0 Å². The van der Waals surface area contributed by atoms with Gasteiger partial charge in [-0.1, -0.05) is 13.8 Å². The van der Waals surface area contributed by atoms with Gasteiger partial charge in [-0.15, -0.1) is 0 Å². The predicted molar refractivity (Wildman–Crippen MR) is 57.5 cm³/mol. The molecule has 2 unspecified atom stereocenters. The van der Waals surface area contributed by atoms with E-state index in [1.165, 1.54) is 5.56 Å². The number of rotatable bonds is 1. The first-order chi connectivity index (χ1) is 7.10. The van der Waals surface area contributed by atoms with Crippen molar-refractivity contribution in [3.63, 3.8) is 0 Å².